The fourth-order valence-electron chi connectivity index (χ4n) is 2.84. The highest BCUT2D eigenvalue weighted by Crippen LogP contribution is 2.26. The lowest BCUT2D eigenvalue weighted by molar-refractivity contribution is 0.0609. The van der Waals surface area contributed by atoms with Gasteiger partial charge in [0, 0.05) is 11.9 Å². The number of hydrogen-bond acceptors (Lipinski definition) is 5. The van der Waals surface area contributed by atoms with Crippen molar-refractivity contribution in [1.29, 1.82) is 0 Å². The van der Waals surface area contributed by atoms with Crippen LogP contribution in [-0.4, -0.2) is 43.1 Å². The van der Waals surface area contributed by atoms with Crippen molar-refractivity contribution in [1.82, 2.24) is 5.32 Å². The Kier molecular flexibility index (Phi) is 3.72. The van der Waals surface area contributed by atoms with Crippen molar-refractivity contribution in [3.05, 3.63) is 35.1 Å². The van der Waals surface area contributed by atoms with Gasteiger partial charge in [-0.3, -0.25) is 4.79 Å². The number of carbonyl (C=O) groups is 1. The highest BCUT2D eigenvalue weighted by molar-refractivity contribution is 7.91. The van der Waals surface area contributed by atoms with E-state index in [1.807, 2.05) is 26.0 Å². The highest BCUT2D eigenvalue weighted by Gasteiger charge is 2.40. The summed E-state index contributed by atoms with van der Waals surface area (Å²) in [7, 11) is -3.22. The van der Waals surface area contributed by atoms with E-state index in [0.717, 1.165) is 11.1 Å². The molecule has 0 radical (unpaired) electrons. The molecule has 6 nitrogen and oxygen atoms in total. The number of carbonyl (C=O) groups excluding carboxylic acids is 1. The molecule has 7 heteroatoms. The fraction of sp³-hybridized carbons (Fsp3) is 0.438. The van der Waals surface area contributed by atoms with Gasteiger partial charge >= 0.3 is 0 Å². The number of amides is 1. The molecule has 1 atom stereocenters. The summed E-state index contributed by atoms with van der Waals surface area (Å²) in [6.07, 6.45) is 1.52. The minimum absolute atomic E-state index is 0.0491. The van der Waals surface area contributed by atoms with Crippen LogP contribution in [0.2, 0.25) is 0 Å². The van der Waals surface area contributed by atoms with Gasteiger partial charge in [0.2, 0.25) is 0 Å². The number of nitrogens with one attached hydrogen (secondary N) is 1. The van der Waals surface area contributed by atoms with E-state index in [9.17, 15) is 18.3 Å². The maximum absolute atomic E-state index is 12.3. The van der Waals surface area contributed by atoms with Gasteiger partial charge in [-0.05, 0) is 43.5 Å². The van der Waals surface area contributed by atoms with Gasteiger partial charge in [0.15, 0.2) is 9.84 Å². The van der Waals surface area contributed by atoms with Crippen LogP contribution in [0.15, 0.2) is 22.8 Å². The number of aryl methyl sites for hydroxylation is 2. The highest BCUT2D eigenvalue weighted by atomic mass is 32.2. The summed E-state index contributed by atoms with van der Waals surface area (Å²) in [6.45, 7) is 3.82. The van der Waals surface area contributed by atoms with Crippen LogP contribution in [-0.2, 0) is 9.84 Å². The molecule has 1 saturated heterocycles. The molecule has 1 aromatic carbocycles. The van der Waals surface area contributed by atoms with E-state index in [-0.39, 0.29) is 30.4 Å². The van der Waals surface area contributed by atoms with Crippen molar-refractivity contribution >= 4 is 26.7 Å². The number of sulfone groups is 1. The van der Waals surface area contributed by atoms with Crippen LogP contribution in [0.5, 0.6) is 0 Å². The van der Waals surface area contributed by atoms with Crippen LogP contribution < -0.4 is 5.32 Å². The lowest BCUT2D eigenvalue weighted by Gasteiger charge is -2.20. The third kappa shape index (κ3) is 3.11. The summed E-state index contributed by atoms with van der Waals surface area (Å²) < 4.78 is 28.4. The van der Waals surface area contributed by atoms with Crippen molar-refractivity contribution in [2.75, 3.05) is 18.1 Å². The molecule has 0 unspecified atom stereocenters. The Morgan fingerprint density at radius 3 is 2.70 bits per heavy atom. The number of furan rings is 1. The quantitative estimate of drug-likeness (QED) is 0.881. The lowest BCUT2D eigenvalue weighted by Crippen LogP contribution is -2.43. The predicted molar refractivity (Wildman–Crippen MR) is 86.2 cm³/mol. The van der Waals surface area contributed by atoms with E-state index < -0.39 is 15.4 Å². The van der Waals surface area contributed by atoms with Crippen molar-refractivity contribution in [3.8, 4) is 0 Å². The minimum atomic E-state index is -3.22. The molecule has 0 saturated carbocycles. The number of aliphatic hydroxyl groups is 1. The summed E-state index contributed by atoms with van der Waals surface area (Å²) in [5.74, 6) is -0.748. The van der Waals surface area contributed by atoms with Gasteiger partial charge in [-0.15, -0.1) is 0 Å². The Balaban J connectivity index is 1.78. The SMILES string of the molecule is Cc1cc2occ(C(=O)NC[C@]3(O)CCS(=O)(=O)C3)c2cc1C. The van der Waals surface area contributed by atoms with E-state index in [0.29, 0.717) is 16.5 Å². The summed E-state index contributed by atoms with van der Waals surface area (Å²) in [5, 5.41) is 13.6. The van der Waals surface area contributed by atoms with Gasteiger partial charge in [0.1, 0.15) is 11.8 Å². The van der Waals surface area contributed by atoms with E-state index in [2.05, 4.69) is 5.32 Å². The van der Waals surface area contributed by atoms with Crippen LogP contribution in [0.3, 0.4) is 0 Å². The van der Waals surface area contributed by atoms with Crippen LogP contribution in [0, 0.1) is 13.8 Å². The minimum Gasteiger partial charge on any atom is -0.463 e. The van der Waals surface area contributed by atoms with Gasteiger partial charge in [-0.1, -0.05) is 0 Å². The Morgan fingerprint density at radius 1 is 1.35 bits per heavy atom. The van der Waals surface area contributed by atoms with E-state index in [4.69, 9.17) is 4.42 Å². The number of fused-ring (bicyclic) bond motifs is 1. The van der Waals surface area contributed by atoms with Gasteiger partial charge < -0.3 is 14.8 Å². The van der Waals surface area contributed by atoms with Gasteiger partial charge in [0.05, 0.1) is 22.7 Å². The van der Waals surface area contributed by atoms with Gasteiger partial charge in [-0.2, -0.15) is 0 Å². The molecule has 1 aliphatic heterocycles. The number of hydrogen-bond donors (Lipinski definition) is 2. The average Bonchev–Trinajstić information content (AvgIpc) is 2.98. The first-order valence-corrected chi connectivity index (χ1v) is 9.21. The molecule has 0 spiro atoms. The molecule has 0 bridgehead atoms. The molecule has 2 aromatic rings. The summed E-state index contributed by atoms with van der Waals surface area (Å²) in [6, 6.07) is 3.76. The molecule has 1 amide bonds. The monoisotopic (exact) mass is 337 g/mol. The average molecular weight is 337 g/mol. The molecule has 2 N–H and O–H groups in total. The second-order valence-electron chi connectivity index (χ2n) is 6.33. The molecular weight excluding hydrogens is 318 g/mol. The van der Waals surface area contributed by atoms with Crippen LogP contribution >= 0.6 is 0 Å². The third-order valence-corrected chi connectivity index (χ3v) is 6.18. The molecule has 3 rings (SSSR count). The Hall–Kier alpha value is -1.86. The zero-order chi connectivity index (χ0) is 16.8. The Labute approximate surface area is 134 Å². The standard InChI is InChI=1S/C16H19NO5S/c1-10-5-12-13(7-22-14(12)6-11(10)2)15(18)17-8-16(19)3-4-23(20,21)9-16/h5-7,19H,3-4,8-9H2,1-2H3,(H,17,18)/t16-/m1/s1. The first-order chi connectivity index (χ1) is 10.7. The summed E-state index contributed by atoms with van der Waals surface area (Å²) >= 11 is 0. The fourth-order valence-corrected chi connectivity index (χ4v) is 4.74. The molecule has 1 fully saturated rings. The summed E-state index contributed by atoms with van der Waals surface area (Å²) in [5.41, 5.74) is 1.74. The summed E-state index contributed by atoms with van der Waals surface area (Å²) in [4.78, 5) is 12.3. The van der Waals surface area contributed by atoms with E-state index >= 15 is 0 Å². The molecule has 124 valence electrons. The molecule has 23 heavy (non-hydrogen) atoms. The third-order valence-electron chi connectivity index (χ3n) is 4.38. The van der Waals surface area contributed by atoms with Gasteiger partial charge in [-0.25, -0.2) is 8.42 Å². The van der Waals surface area contributed by atoms with Crippen LogP contribution in [0.1, 0.15) is 27.9 Å². The molecule has 2 heterocycles. The maximum atomic E-state index is 12.3. The Bertz CT molecular complexity index is 883. The van der Waals surface area contributed by atoms with Crippen molar-refractivity contribution in [2.45, 2.75) is 25.9 Å². The number of benzene rings is 1. The normalized spacial score (nSPS) is 23.3. The topological polar surface area (TPSA) is 96.6 Å². The lowest BCUT2D eigenvalue weighted by atomic mass is 10.0. The van der Waals surface area contributed by atoms with Crippen LogP contribution in [0.25, 0.3) is 11.0 Å². The molecule has 1 aromatic heterocycles. The van der Waals surface area contributed by atoms with E-state index in [1.54, 1.807) is 0 Å². The molecule has 1 aliphatic rings. The maximum Gasteiger partial charge on any atom is 0.255 e. The predicted octanol–water partition coefficient (Wildman–Crippen LogP) is 1.33. The molecular formula is C16H19NO5S. The first-order valence-electron chi connectivity index (χ1n) is 7.39. The largest absolute Gasteiger partial charge is 0.463 e. The second kappa shape index (κ2) is 5.35. The second-order valence-corrected chi connectivity index (χ2v) is 8.52. The van der Waals surface area contributed by atoms with E-state index in [1.165, 1.54) is 6.26 Å². The van der Waals surface area contributed by atoms with Crippen molar-refractivity contribution in [3.63, 3.8) is 0 Å². The molecule has 0 aliphatic carbocycles. The first kappa shape index (κ1) is 16.0. The zero-order valence-electron chi connectivity index (χ0n) is 13.0. The Morgan fingerprint density at radius 2 is 2.04 bits per heavy atom. The van der Waals surface area contributed by atoms with Gasteiger partial charge in [0.25, 0.3) is 5.91 Å². The van der Waals surface area contributed by atoms with Crippen molar-refractivity contribution in [2.24, 2.45) is 0 Å². The smallest absolute Gasteiger partial charge is 0.255 e. The van der Waals surface area contributed by atoms with Crippen LogP contribution in [0.4, 0.5) is 0 Å². The zero-order valence-corrected chi connectivity index (χ0v) is 13.9. The number of rotatable bonds is 3. The van der Waals surface area contributed by atoms with Crippen molar-refractivity contribution < 1.29 is 22.7 Å².